The standard InChI is InChI=1S/C17H16N2O3S2/c1-11-3-6-14(22-11)9-15-16(20)19(17(23)24-15)10-18-12-4-7-13(21-2)8-5-12/h3-9,18H,10H2,1-2H3/b15-9-. The highest BCUT2D eigenvalue weighted by Gasteiger charge is 2.32. The second-order valence-corrected chi connectivity index (χ2v) is 6.80. The third-order valence-corrected chi connectivity index (χ3v) is 4.82. The number of nitrogens with zero attached hydrogens (tertiary/aromatic N) is 1. The van der Waals surface area contributed by atoms with Crippen molar-refractivity contribution in [3.05, 3.63) is 52.8 Å². The lowest BCUT2D eigenvalue weighted by atomic mass is 10.3. The number of furan rings is 1. The molecular formula is C17H16N2O3S2. The van der Waals surface area contributed by atoms with E-state index in [1.165, 1.54) is 16.7 Å². The average Bonchev–Trinajstić information content (AvgIpc) is 3.10. The molecule has 1 N–H and O–H groups in total. The van der Waals surface area contributed by atoms with Gasteiger partial charge in [-0.2, -0.15) is 0 Å². The molecule has 1 fully saturated rings. The van der Waals surface area contributed by atoms with E-state index < -0.39 is 0 Å². The van der Waals surface area contributed by atoms with Crippen molar-refractivity contribution < 1.29 is 13.9 Å². The Morgan fingerprint density at radius 2 is 2.04 bits per heavy atom. The number of amides is 1. The maximum atomic E-state index is 12.5. The molecule has 1 amide bonds. The van der Waals surface area contributed by atoms with Gasteiger partial charge in [0.15, 0.2) is 0 Å². The lowest BCUT2D eigenvalue weighted by molar-refractivity contribution is -0.121. The first-order chi connectivity index (χ1) is 11.6. The van der Waals surface area contributed by atoms with Crippen LogP contribution in [-0.4, -0.2) is 28.9 Å². The summed E-state index contributed by atoms with van der Waals surface area (Å²) in [5.74, 6) is 2.11. The fourth-order valence-corrected chi connectivity index (χ4v) is 3.41. The van der Waals surface area contributed by atoms with E-state index in [1.54, 1.807) is 13.2 Å². The summed E-state index contributed by atoms with van der Waals surface area (Å²) in [5, 5.41) is 3.19. The molecule has 1 aliphatic rings. The molecule has 0 atom stereocenters. The number of hydrogen-bond acceptors (Lipinski definition) is 6. The Bertz CT molecular complexity index is 796. The van der Waals surface area contributed by atoms with E-state index in [0.717, 1.165) is 17.2 Å². The predicted octanol–water partition coefficient (Wildman–Crippen LogP) is 3.87. The molecule has 7 heteroatoms. The SMILES string of the molecule is COc1ccc(NCN2C(=O)/C(=C/c3ccc(C)o3)SC2=S)cc1. The molecule has 2 heterocycles. The summed E-state index contributed by atoms with van der Waals surface area (Å²) in [6.07, 6.45) is 1.72. The van der Waals surface area contributed by atoms with Gasteiger partial charge >= 0.3 is 0 Å². The van der Waals surface area contributed by atoms with Crippen molar-refractivity contribution in [1.82, 2.24) is 4.90 Å². The second kappa shape index (κ2) is 7.11. The van der Waals surface area contributed by atoms with E-state index in [1.807, 2.05) is 43.3 Å². The summed E-state index contributed by atoms with van der Waals surface area (Å²) >= 11 is 6.58. The van der Waals surface area contributed by atoms with Gasteiger partial charge in [-0.25, -0.2) is 0 Å². The molecule has 124 valence electrons. The molecule has 0 saturated carbocycles. The quantitative estimate of drug-likeness (QED) is 0.645. The zero-order valence-corrected chi connectivity index (χ0v) is 14.9. The maximum Gasteiger partial charge on any atom is 0.267 e. The van der Waals surface area contributed by atoms with Crippen LogP contribution in [0.15, 0.2) is 45.7 Å². The smallest absolute Gasteiger partial charge is 0.267 e. The van der Waals surface area contributed by atoms with E-state index in [0.29, 0.717) is 21.7 Å². The molecule has 5 nitrogen and oxygen atoms in total. The van der Waals surface area contributed by atoms with Crippen LogP contribution in [0.3, 0.4) is 0 Å². The molecular weight excluding hydrogens is 344 g/mol. The Labute approximate surface area is 149 Å². The minimum Gasteiger partial charge on any atom is -0.497 e. The first-order valence-corrected chi connectivity index (χ1v) is 8.49. The summed E-state index contributed by atoms with van der Waals surface area (Å²) in [6, 6.07) is 11.2. The number of rotatable bonds is 5. The van der Waals surface area contributed by atoms with Gasteiger partial charge in [-0.05, 0) is 43.3 Å². The molecule has 0 radical (unpaired) electrons. The summed E-state index contributed by atoms with van der Waals surface area (Å²) in [6.45, 7) is 2.17. The van der Waals surface area contributed by atoms with Crippen LogP contribution in [0.25, 0.3) is 6.08 Å². The topological polar surface area (TPSA) is 54.7 Å². The number of carbonyl (C=O) groups excluding carboxylic acids is 1. The van der Waals surface area contributed by atoms with Crippen LogP contribution in [0, 0.1) is 6.92 Å². The maximum absolute atomic E-state index is 12.5. The molecule has 0 bridgehead atoms. The van der Waals surface area contributed by atoms with Crippen LogP contribution in [0.1, 0.15) is 11.5 Å². The average molecular weight is 360 g/mol. The molecule has 0 aliphatic carbocycles. The monoisotopic (exact) mass is 360 g/mol. The van der Waals surface area contributed by atoms with Crippen LogP contribution in [0.5, 0.6) is 5.75 Å². The number of thiocarbonyl (C=S) groups is 1. The minimum atomic E-state index is -0.125. The number of methoxy groups -OCH3 is 1. The fraction of sp³-hybridized carbons (Fsp3) is 0.176. The summed E-state index contributed by atoms with van der Waals surface area (Å²) < 4.78 is 11.1. The normalized spacial score (nSPS) is 16.1. The van der Waals surface area contributed by atoms with Gasteiger partial charge in [0, 0.05) is 11.8 Å². The lowest BCUT2D eigenvalue weighted by Crippen LogP contribution is -2.33. The number of hydrogen-bond donors (Lipinski definition) is 1. The summed E-state index contributed by atoms with van der Waals surface area (Å²) in [4.78, 5) is 14.6. The van der Waals surface area contributed by atoms with E-state index in [2.05, 4.69) is 5.32 Å². The van der Waals surface area contributed by atoms with Gasteiger partial charge in [-0.3, -0.25) is 9.69 Å². The summed E-state index contributed by atoms with van der Waals surface area (Å²) in [7, 11) is 1.62. The zero-order valence-electron chi connectivity index (χ0n) is 13.2. The van der Waals surface area contributed by atoms with Crippen LogP contribution in [-0.2, 0) is 4.79 Å². The van der Waals surface area contributed by atoms with Crippen molar-refractivity contribution in [2.45, 2.75) is 6.92 Å². The lowest BCUT2D eigenvalue weighted by Gasteiger charge is -2.16. The van der Waals surface area contributed by atoms with Crippen molar-refractivity contribution in [1.29, 1.82) is 0 Å². The zero-order chi connectivity index (χ0) is 17.1. The number of nitrogens with one attached hydrogen (secondary N) is 1. The predicted molar refractivity (Wildman–Crippen MR) is 99.9 cm³/mol. The Morgan fingerprint density at radius 1 is 1.29 bits per heavy atom. The van der Waals surface area contributed by atoms with E-state index in [4.69, 9.17) is 21.4 Å². The van der Waals surface area contributed by atoms with Crippen molar-refractivity contribution in [3.63, 3.8) is 0 Å². The van der Waals surface area contributed by atoms with Crippen molar-refractivity contribution >= 4 is 46.0 Å². The summed E-state index contributed by atoms with van der Waals surface area (Å²) in [5.41, 5.74) is 0.885. The second-order valence-electron chi connectivity index (χ2n) is 5.12. The van der Waals surface area contributed by atoms with Crippen molar-refractivity contribution in [2.24, 2.45) is 0 Å². The van der Waals surface area contributed by atoms with Crippen LogP contribution < -0.4 is 10.1 Å². The van der Waals surface area contributed by atoms with E-state index >= 15 is 0 Å². The first kappa shape index (κ1) is 16.6. The van der Waals surface area contributed by atoms with E-state index in [9.17, 15) is 4.79 Å². The molecule has 1 aromatic carbocycles. The Hall–Kier alpha value is -2.25. The fourth-order valence-electron chi connectivity index (χ4n) is 2.18. The number of carbonyl (C=O) groups is 1. The van der Waals surface area contributed by atoms with Gasteiger partial charge < -0.3 is 14.5 Å². The largest absolute Gasteiger partial charge is 0.497 e. The molecule has 1 saturated heterocycles. The highest BCUT2D eigenvalue weighted by Crippen LogP contribution is 2.32. The first-order valence-electron chi connectivity index (χ1n) is 7.26. The minimum absolute atomic E-state index is 0.125. The number of thioether (sulfide) groups is 1. The molecule has 1 aromatic heterocycles. The van der Waals surface area contributed by atoms with Gasteiger partial charge in [0.05, 0.1) is 18.7 Å². The Balaban J connectivity index is 1.66. The molecule has 2 aromatic rings. The number of ether oxygens (including phenoxy) is 1. The van der Waals surface area contributed by atoms with Crippen molar-refractivity contribution in [2.75, 3.05) is 19.1 Å². The molecule has 24 heavy (non-hydrogen) atoms. The van der Waals surface area contributed by atoms with Gasteiger partial charge in [0.1, 0.15) is 21.6 Å². The molecule has 0 spiro atoms. The molecule has 3 rings (SSSR count). The Kier molecular flexibility index (Phi) is 4.92. The highest BCUT2D eigenvalue weighted by molar-refractivity contribution is 8.26. The van der Waals surface area contributed by atoms with Crippen LogP contribution >= 0.6 is 24.0 Å². The van der Waals surface area contributed by atoms with Gasteiger partial charge in [0.25, 0.3) is 5.91 Å². The van der Waals surface area contributed by atoms with E-state index in [-0.39, 0.29) is 5.91 Å². The number of benzene rings is 1. The molecule has 1 aliphatic heterocycles. The van der Waals surface area contributed by atoms with Gasteiger partial charge in [0.2, 0.25) is 0 Å². The van der Waals surface area contributed by atoms with Crippen LogP contribution in [0.4, 0.5) is 5.69 Å². The number of aryl methyl sites for hydroxylation is 1. The third kappa shape index (κ3) is 3.63. The van der Waals surface area contributed by atoms with Crippen LogP contribution in [0.2, 0.25) is 0 Å². The highest BCUT2D eigenvalue weighted by atomic mass is 32.2. The van der Waals surface area contributed by atoms with Crippen molar-refractivity contribution in [3.8, 4) is 5.75 Å². The van der Waals surface area contributed by atoms with Gasteiger partial charge in [-0.1, -0.05) is 24.0 Å². The molecule has 0 unspecified atom stereocenters. The van der Waals surface area contributed by atoms with Gasteiger partial charge in [-0.15, -0.1) is 0 Å². The Morgan fingerprint density at radius 3 is 2.67 bits per heavy atom. The third-order valence-electron chi connectivity index (χ3n) is 3.44. The number of anilines is 1.